The maximum atomic E-state index is 2.87. The molecule has 4 aliphatic heterocycles. The van der Waals surface area contributed by atoms with Crippen molar-refractivity contribution in [2.75, 3.05) is 0 Å². The number of hydrogen-bond donors (Lipinski definition) is 0. The summed E-state index contributed by atoms with van der Waals surface area (Å²) in [4.78, 5) is 0. The Hall–Kier alpha value is -10.3. The van der Waals surface area contributed by atoms with Crippen molar-refractivity contribution < 1.29 is 0 Å². The summed E-state index contributed by atoms with van der Waals surface area (Å²) in [6.45, 7) is 39.3. The number of fused-ring (bicyclic) bond motifs is 25. The van der Waals surface area contributed by atoms with Gasteiger partial charge in [0, 0.05) is 65.9 Å². The summed E-state index contributed by atoms with van der Waals surface area (Å²) in [5.74, 6) is 0. The first-order valence-corrected chi connectivity index (χ1v) is 42.2. The van der Waals surface area contributed by atoms with Crippen molar-refractivity contribution in [1.29, 1.82) is 0 Å². The Morgan fingerprint density at radius 3 is 0.911 bits per heavy atom. The van der Waals surface area contributed by atoms with Gasteiger partial charge >= 0.3 is 13.7 Å². The van der Waals surface area contributed by atoms with Gasteiger partial charge < -0.3 is 18.1 Å². The SMILES string of the molecule is CC1(C)CCC(C)(C)c2cc(-c3cc(-c4ccc5c(c4)C(C)(C)CCC5(C)C)c4c5ccc6c7c5n(c4c3)-c3ccccc3B7n3c4c-6cccc4c4c3c3cccc5c3n4B3c4ccccc4-n4c6cc(-c7ccc8c(c7)C(C)(C)CCC8(C)C)cc(-c7ccc8c(c7)C(C)(C)CCC8(C)C)c6c6ccc-5c3c64)ccc21. The molecule has 0 saturated heterocycles. The molecule has 4 aliphatic carbocycles. The Labute approximate surface area is 660 Å². The predicted molar refractivity (Wildman–Crippen MR) is 478 cm³/mol. The third-order valence-electron chi connectivity index (χ3n) is 31.2. The van der Waals surface area contributed by atoms with E-state index < -0.39 is 0 Å². The summed E-state index contributed by atoms with van der Waals surface area (Å²) in [5, 5.41) is 7.93. The molecular weight excluding hydrogens is 1350 g/mol. The lowest BCUT2D eigenvalue weighted by molar-refractivity contribution is 0.332. The normalized spacial score (nSPS) is 19.1. The average molecular weight is 1450 g/mol. The van der Waals surface area contributed by atoms with Crippen LogP contribution < -0.4 is 21.9 Å². The average Bonchev–Trinajstić information content (AvgIpc) is 1.48. The fourth-order valence-electron chi connectivity index (χ4n) is 24.5. The highest BCUT2D eigenvalue weighted by molar-refractivity contribution is 6.92. The summed E-state index contributed by atoms with van der Waals surface area (Å²) in [6, 6.07) is 84.6. The first-order chi connectivity index (χ1) is 53.5. The largest absolute Gasteiger partial charge is 0.374 e. The molecule has 24 rings (SSSR count). The molecule has 4 nitrogen and oxygen atoms in total. The zero-order valence-corrected chi connectivity index (χ0v) is 68.2. The topological polar surface area (TPSA) is 19.7 Å². The van der Waals surface area contributed by atoms with E-state index in [1.165, 1.54) is 272 Å². The highest BCUT2D eigenvalue weighted by Crippen LogP contribution is 2.57. The van der Waals surface area contributed by atoms with E-state index in [9.17, 15) is 0 Å². The van der Waals surface area contributed by atoms with Crippen molar-refractivity contribution >= 4 is 112 Å². The monoisotopic (exact) mass is 1450 g/mol. The van der Waals surface area contributed by atoms with Crippen molar-refractivity contribution in [3.8, 4) is 78.1 Å². The van der Waals surface area contributed by atoms with Crippen molar-refractivity contribution in [2.45, 2.75) is 205 Å². The van der Waals surface area contributed by atoms with E-state index >= 15 is 0 Å². The Balaban J connectivity index is 0.768. The maximum absolute atomic E-state index is 2.87. The van der Waals surface area contributed by atoms with Crippen molar-refractivity contribution in [1.82, 2.24) is 18.1 Å². The van der Waals surface area contributed by atoms with Crippen molar-refractivity contribution in [3.63, 3.8) is 0 Å². The van der Waals surface area contributed by atoms with Crippen LogP contribution in [0.15, 0.2) is 206 Å². The molecule has 0 radical (unpaired) electrons. The second kappa shape index (κ2) is 21.1. The number of benzene rings is 12. The van der Waals surface area contributed by atoms with E-state index in [-0.39, 0.29) is 57.0 Å². The molecule has 0 amide bonds. The summed E-state index contributed by atoms with van der Waals surface area (Å²) in [5.41, 5.74) is 46.8. The molecule has 4 aromatic heterocycles. The van der Waals surface area contributed by atoms with Gasteiger partial charge in [0.1, 0.15) is 0 Å². The predicted octanol–water partition coefficient (Wildman–Crippen LogP) is 24.9. The number of aromatic nitrogens is 4. The molecular formula is C106H98B2N4. The molecule has 0 unspecified atom stereocenters. The molecule has 16 aromatic rings. The van der Waals surface area contributed by atoms with Gasteiger partial charge in [-0.2, -0.15) is 0 Å². The summed E-state index contributed by atoms with van der Waals surface area (Å²) >= 11 is 0. The maximum Gasteiger partial charge on any atom is 0.333 e. The lowest BCUT2D eigenvalue weighted by Gasteiger charge is -2.42. The molecule has 0 N–H and O–H groups in total. The lowest BCUT2D eigenvalue weighted by atomic mass is 9.45. The highest BCUT2D eigenvalue weighted by Gasteiger charge is 2.49. The molecule has 0 atom stereocenters. The van der Waals surface area contributed by atoms with Gasteiger partial charge in [-0.1, -0.05) is 281 Å². The smallest absolute Gasteiger partial charge is 0.333 e. The standard InChI is InChI=1S/C106H98B2N4/c1-99(2)43-47-103(9,10)79-53-59(31-39-75(79)99)63-51-73(61-33-41-77-81(55-61)105(13,14)49-45-101(77,5)6)89-69-37-35-65-67-23-21-25-71-93(67)111(107-83-27-17-19-29-85(83)109(87(89)57-63)95(69)91(65)107)97-72-26-22-24-68-66-36-38-70-90-74(62-34-42-78-82(56-62)106(15,16)50-46-102(78,7)8)52-64(60-32-40-76-80(54-60)104(11,12)48-44-100(76,3)4)58-88(90)110-86-30-20-18-28-84(86)108(92(66)96(70)110)112(94(68)72)98(71)97/h17-42,51-58H,43-50H2,1-16H3. The fourth-order valence-corrected chi connectivity index (χ4v) is 24.5. The van der Waals surface area contributed by atoms with Crippen molar-refractivity contribution in [3.05, 3.63) is 251 Å². The zero-order valence-electron chi connectivity index (χ0n) is 68.2. The van der Waals surface area contributed by atoms with Gasteiger partial charge in [0.15, 0.2) is 0 Å². The van der Waals surface area contributed by atoms with Gasteiger partial charge in [-0.15, -0.1) is 0 Å². The number of hydrogen-bond acceptors (Lipinski definition) is 0. The zero-order chi connectivity index (χ0) is 76.3. The minimum Gasteiger partial charge on any atom is -0.374 e. The molecule has 548 valence electrons. The summed E-state index contributed by atoms with van der Waals surface area (Å²) in [7, 11) is 0. The van der Waals surface area contributed by atoms with Gasteiger partial charge in [-0.05, 0) is 253 Å². The third kappa shape index (κ3) is 8.32. The van der Waals surface area contributed by atoms with Crippen LogP contribution in [-0.4, -0.2) is 31.8 Å². The second-order valence-electron chi connectivity index (χ2n) is 41.2. The molecule has 8 heterocycles. The van der Waals surface area contributed by atoms with Gasteiger partial charge in [0.25, 0.3) is 0 Å². The molecule has 0 saturated carbocycles. The molecule has 12 aromatic carbocycles. The Kier molecular flexibility index (Phi) is 12.5. The quantitative estimate of drug-likeness (QED) is 0.157. The van der Waals surface area contributed by atoms with Crippen LogP contribution in [0.5, 0.6) is 0 Å². The number of para-hydroxylation sites is 4. The van der Waals surface area contributed by atoms with Crippen LogP contribution in [0.4, 0.5) is 0 Å². The first-order valence-electron chi connectivity index (χ1n) is 42.2. The molecule has 6 heteroatoms. The van der Waals surface area contributed by atoms with Crippen LogP contribution in [0.1, 0.15) is 207 Å². The minimum absolute atomic E-state index is 0.0435. The van der Waals surface area contributed by atoms with Crippen molar-refractivity contribution in [2.24, 2.45) is 0 Å². The molecule has 8 aliphatic rings. The van der Waals surface area contributed by atoms with Crippen LogP contribution in [-0.2, 0) is 43.3 Å². The van der Waals surface area contributed by atoms with E-state index in [4.69, 9.17) is 0 Å². The van der Waals surface area contributed by atoms with Crippen LogP contribution in [0, 0.1) is 0 Å². The van der Waals surface area contributed by atoms with Gasteiger partial charge in [0.05, 0.1) is 33.1 Å². The second-order valence-corrected chi connectivity index (χ2v) is 41.2. The molecule has 112 heavy (non-hydrogen) atoms. The Morgan fingerprint density at radius 1 is 0.232 bits per heavy atom. The van der Waals surface area contributed by atoms with Crippen LogP contribution in [0.2, 0.25) is 0 Å². The third-order valence-corrected chi connectivity index (χ3v) is 31.2. The molecule has 0 spiro atoms. The van der Waals surface area contributed by atoms with Gasteiger partial charge in [0.2, 0.25) is 0 Å². The van der Waals surface area contributed by atoms with E-state index in [0.29, 0.717) is 0 Å². The van der Waals surface area contributed by atoms with Crippen LogP contribution in [0.25, 0.3) is 155 Å². The Bertz CT molecular complexity index is 6670. The van der Waals surface area contributed by atoms with Crippen LogP contribution >= 0.6 is 0 Å². The highest BCUT2D eigenvalue weighted by atomic mass is 15.1. The summed E-state index contributed by atoms with van der Waals surface area (Å²) in [6.07, 6.45) is 9.43. The van der Waals surface area contributed by atoms with Gasteiger partial charge in [-0.3, -0.25) is 0 Å². The number of rotatable bonds is 4. The number of nitrogens with zero attached hydrogens (tertiary/aromatic N) is 4. The fraction of sp³-hybridized carbons (Fsp3) is 0.302. The molecule has 0 bridgehead atoms. The summed E-state index contributed by atoms with van der Waals surface area (Å²) < 4.78 is 11.2. The van der Waals surface area contributed by atoms with E-state index in [0.717, 1.165) is 0 Å². The van der Waals surface area contributed by atoms with E-state index in [1.807, 2.05) is 0 Å². The first kappa shape index (κ1) is 66.3. The van der Waals surface area contributed by atoms with E-state index in [2.05, 4.69) is 335 Å². The minimum atomic E-state index is -0.123. The van der Waals surface area contributed by atoms with Gasteiger partial charge in [-0.25, -0.2) is 0 Å². The lowest BCUT2D eigenvalue weighted by Crippen LogP contribution is -2.55. The van der Waals surface area contributed by atoms with E-state index in [1.54, 1.807) is 0 Å². The Morgan fingerprint density at radius 2 is 0.554 bits per heavy atom. The van der Waals surface area contributed by atoms with Crippen LogP contribution in [0.3, 0.4) is 0 Å². The molecule has 0 fully saturated rings.